The Hall–Kier alpha value is 0.668. The highest BCUT2D eigenvalue weighted by Gasteiger charge is 2.51. The third-order valence-electron chi connectivity index (χ3n) is 3.67. The summed E-state index contributed by atoms with van der Waals surface area (Å²) in [5, 5.41) is 0. The summed E-state index contributed by atoms with van der Waals surface area (Å²) < 4.78 is 32.7. The van der Waals surface area contributed by atoms with Gasteiger partial charge >= 0.3 is 0 Å². The molecule has 1 saturated heterocycles. The number of hydrogen-bond acceptors (Lipinski definition) is 5. The van der Waals surface area contributed by atoms with Gasteiger partial charge in [0.15, 0.2) is 39.6 Å². The van der Waals surface area contributed by atoms with Crippen molar-refractivity contribution in [3.05, 3.63) is 0 Å². The molecule has 1 fully saturated rings. The maximum Gasteiger partial charge on any atom is 0.187 e. The summed E-state index contributed by atoms with van der Waals surface area (Å²) in [6.07, 6.45) is -1.05. The molecule has 5 atom stereocenters. The van der Waals surface area contributed by atoms with E-state index in [-0.39, 0.29) is 24.4 Å². The van der Waals surface area contributed by atoms with Gasteiger partial charge < -0.3 is 22.4 Å². The van der Waals surface area contributed by atoms with Gasteiger partial charge in [-0.3, -0.25) is 0 Å². The summed E-state index contributed by atoms with van der Waals surface area (Å²) in [4.78, 5) is 0. The quantitative estimate of drug-likeness (QED) is 0.471. The second-order valence-electron chi connectivity index (χ2n) is 11.5. The molecular weight excluding hydrogens is 409 g/mol. The van der Waals surface area contributed by atoms with Crippen LogP contribution in [-0.2, 0) is 22.4 Å². The Morgan fingerprint density at radius 1 is 0.481 bits per heavy atom. The first kappa shape index (κ1) is 25.7. The van der Waals surface area contributed by atoms with Crippen LogP contribution in [0.25, 0.3) is 0 Å². The van der Waals surface area contributed by atoms with E-state index in [2.05, 4.69) is 85.5 Å². The molecule has 0 bridgehead atoms. The SMILES string of the molecule is C[C@@H]1O[C@H](O[Si](C)(C)C)[C@H](O[Si](C)(C)C)[C@H](O[Si](C)(C)C)[C@H]1O[Si](C)(C)C. The predicted octanol–water partition coefficient (Wildman–Crippen LogP) is 5.24. The average Bonchev–Trinajstić information content (AvgIpc) is 2.32. The topological polar surface area (TPSA) is 46.2 Å². The lowest BCUT2D eigenvalue weighted by molar-refractivity contribution is -0.259. The molecule has 0 aromatic rings. The monoisotopic (exact) mass is 452 g/mol. The third kappa shape index (κ3) is 9.81. The lowest BCUT2D eigenvalue weighted by Gasteiger charge is -2.51. The van der Waals surface area contributed by atoms with E-state index in [1.165, 1.54) is 0 Å². The lowest BCUT2D eigenvalue weighted by Crippen LogP contribution is -2.65. The minimum atomic E-state index is -1.84. The van der Waals surface area contributed by atoms with Crippen molar-refractivity contribution in [1.29, 1.82) is 0 Å². The second kappa shape index (κ2) is 8.81. The Bertz CT molecular complexity index is 476. The van der Waals surface area contributed by atoms with E-state index in [9.17, 15) is 0 Å². The molecule has 0 radical (unpaired) electrons. The highest BCUT2D eigenvalue weighted by Crippen LogP contribution is 2.34. The summed E-state index contributed by atoms with van der Waals surface area (Å²) in [5.74, 6) is 0. The highest BCUT2D eigenvalue weighted by atomic mass is 28.4. The Morgan fingerprint density at radius 2 is 0.815 bits per heavy atom. The Morgan fingerprint density at radius 3 is 1.19 bits per heavy atom. The average molecular weight is 453 g/mol. The first-order chi connectivity index (χ1) is 11.8. The van der Waals surface area contributed by atoms with Crippen molar-refractivity contribution in [1.82, 2.24) is 0 Å². The molecule has 1 aliphatic rings. The standard InChI is InChI=1S/C18H44O5Si4/c1-14-15(20-24(2,3)4)16(21-25(5,6)7)17(22-26(8,9)10)18(19-14)23-27(11,12)13/h14-18H,1-13H3/t14-,15-,16+,17+,18+/m0/s1. The summed E-state index contributed by atoms with van der Waals surface area (Å²) in [5.41, 5.74) is 0. The summed E-state index contributed by atoms with van der Waals surface area (Å²) in [6.45, 7) is 28.6. The number of hydrogen-bond donors (Lipinski definition) is 0. The fourth-order valence-electron chi connectivity index (χ4n) is 3.06. The second-order valence-corrected chi connectivity index (χ2v) is 29.4. The van der Waals surface area contributed by atoms with Crippen LogP contribution in [0.3, 0.4) is 0 Å². The zero-order valence-corrected chi connectivity index (χ0v) is 23.9. The smallest absolute Gasteiger partial charge is 0.187 e. The maximum absolute atomic E-state index is 6.70. The van der Waals surface area contributed by atoms with Gasteiger partial charge in [-0.25, -0.2) is 0 Å². The van der Waals surface area contributed by atoms with E-state index < -0.39 is 39.6 Å². The van der Waals surface area contributed by atoms with E-state index in [0.717, 1.165) is 0 Å². The molecule has 0 unspecified atom stereocenters. The van der Waals surface area contributed by atoms with E-state index in [4.69, 9.17) is 22.4 Å². The zero-order valence-electron chi connectivity index (χ0n) is 19.9. The fourth-order valence-corrected chi connectivity index (χ4v) is 7.24. The lowest BCUT2D eigenvalue weighted by atomic mass is 10.0. The molecule has 1 rings (SSSR count). The Balaban J connectivity index is 3.32. The largest absolute Gasteiger partial charge is 0.409 e. The molecule has 162 valence electrons. The van der Waals surface area contributed by atoms with Crippen LogP contribution in [-0.4, -0.2) is 64.0 Å². The molecule has 0 N–H and O–H groups in total. The van der Waals surface area contributed by atoms with Gasteiger partial charge in [0.05, 0.1) is 12.2 Å². The van der Waals surface area contributed by atoms with Crippen LogP contribution in [0.1, 0.15) is 6.92 Å². The van der Waals surface area contributed by atoms with Crippen molar-refractivity contribution in [2.24, 2.45) is 0 Å². The Labute approximate surface area is 172 Å². The molecule has 27 heavy (non-hydrogen) atoms. The van der Waals surface area contributed by atoms with Crippen LogP contribution in [0.2, 0.25) is 78.6 Å². The third-order valence-corrected chi connectivity index (χ3v) is 7.54. The van der Waals surface area contributed by atoms with Crippen molar-refractivity contribution < 1.29 is 22.4 Å². The van der Waals surface area contributed by atoms with Gasteiger partial charge in [-0.05, 0) is 85.5 Å². The fraction of sp³-hybridized carbons (Fsp3) is 1.00. The minimum absolute atomic E-state index is 0.0964. The molecule has 5 nitrogen and oxygen atoms in total. The molecule has 0 saturated carbocycles. The molecule has 9 heteroatoms. The number of ether oxygens (including phenoxy) is 1. The summed E-state index contributed by atoms with van der Waals surface area (Å²) in [7, 11) is -7.26. The van der Waals surface area contributed by atoms with Gasteiger partial charge in [0.1, 0.15) is 12.2 Å². The van der Waals surface area contributed by atoms with Crippen LogP contribution in [0.4, 0.5) is 0 Å². The van der Waals surface area contributed by atoms with E-state index >= 15 is 0 Å². The zero-order chi connectivity index (χ0) is 21.4. The predicted molar refractivity (Wildman–Crippen MR) is 123 cm³/mol. The van der Waals surface area contributed by atoms with Crippen LogP contribution >= 0.6 is 0 Å². The molecule has 1 heterocycles. The van der Waals surface area contributed by atoms with Crippen molar-refractivity contribution in [3.8, 4) is 0 Å². The normalized spacial score (nSPS) is 31.2. The van der Waals surface area contributed by atoms with E-state index in [1.807, 2.05) is 0 Å². The van der Waals surface area contributed by atoms with Crippen LogP contribution < -0.4 is 0 Å². The summed E-state index contributed by atoms with van der Waals surface area (Å²) in [6, 6.07) is 0. The molecule has 0 spiro atoms. The van der Waals surface area contributed by atoms with Crippen LogP contribution in [0.15, 0.2) is 0 Å². The van der Waals surface area contributed by atoms with Crippen molar-refractivity contribution in [2.45, 2.75) is 116 Å². The summed E-state index contributed by atoms with van der Waals surface area (Å²) >= 11 is 0. The van der Waals surface area contributed by atoms with Gasteiger partial charge in [-0.2, -0.15) is 0 Å². The van der Waals surface area contributed by atoms with Crippen molar-refractivity contribution in [2.75, 3.05) is 0 Å². The van der Waals surface area contributed by atoms with Crippen LogP contribution in [0.5, 0.6) is 0 Å². The minimum Gasteiger partial charge on any atom is -0.409 e. The first-order valence-corrected chi connectivity index (χ1v) is 23.8. The number of rotatable bonds is 8. The molecule has 0 aromatic heterocycles. The van der Waals surface area contributed by atoms with Gasteiger partial charge in [-0.15, -0.1) is 0 Å². The molecular formula is C18H44O5Si4. The highest BCUT2D eigenvalue weighted by molar-refractivity contribution is 6.71. The van der Waals surface area contributed by atoms with Crippen LogP contribution in [0, 0.1) is 0 Å². The maximum atomic E-state index is 6.70. The molecule has 0 aliphatic carbocycles. The van der Waals surface area contributed by atoms with Crippen molar-refractivity contribution >= 4 is 33.3 Å². The Kier molecular flexibility index (Phi) is 8.38. The van der Waals surface area contributed by atoms with Gasteiger partial charge in [-0.1, -0.05) is 0 Å². The van der Waals surface area contributed by atoms with Gasteiger partial charge in [0, 0.05) is 0 Å². The first-order valence-electron chi connectivity index (χ1n) is 10.1. The van der Waals surface area contributed by atoms with E-state index in [1.54, 1.807) is 0 Å². The molecule has 0 aromatic carbocycles. The molecule has 1 aliphatic heterocycles. The van der Waals surface area contributed by atoms with Gasteiger partial charge in [0.25, 0.3) is 0 Å². The van der Waals surface area contributed by atoms with E-state index in [0.29, 0.717) is 0 Å². The molecule has 0 amide bonds. The van der Waals surface area contributed by atoms with Gasteiger partial charge in [0.2, 0.25) is 0 Å². The van der Waals surface area contributed by atoms with Crippen molar-refractivity contribution in [3.63, 3.8) is 0 Å².